The van der Waals surface area contributed by atoms with E-state index in [9.17, 15) is 4.79 Å². The van der Waals surface area contributed by atoms with Gasteiger partial charge in [-0.1, -0.05) is 6.07 Å². The summed E-state index contributed by atoms with van der Waals surface area (Å²) in [6.45, 7) is 0. The predicted molar refractivity (Wildman–Crippen MR) is 73.4 cm³/mol. The normalized spacial score (nSPS) is 10.6. The average molecular weight is 273 g/mol. The number of hydrogen-bond donors (Lipinski definition) is 1. The molecule has 1 amide bonds. The topological polar surface area (TPSA) is 55.1 Å². The average Bonchev–Trinajstić information content (AvgIpc) is 2.85. The van der Waals surface area contributed by atoms with E-state index >= 15 is 0 Å². The van der Waals surface area contributed by atoms with Crippen molar-refractivity contribution in [2.24, 2.45) is 0 Å². The molecule has 0 fully saturated rings. The van der Waals surface area contributed by atoms with Gasteiger partial charge in [-0.05, 0) is 41.9 Å². The van der Waals surface area contributed by atoms with Gasteiger partial charge in [0, 0.05) is 11.6 Å². The smallest absolute Gasteiger partial charge is 0.260 e. The first kappa shape index (κ1) is 11.7. The lowest BCUT2D eigenvalue weighted by atomic mass is 10.1. The first-order chi connectivity index (χ1) is 9.25. The van der Waals surface area contributed by atoms with Gasteiger partial charge in [0.05, 0.1) is 23.0 Å². The van der Waals surface area contributed by atoms with Crippen molar-refractivity contribution < 1.29 is 9.21 Å². The van der Waals surface area contributed by atoms with Crippen LogP contribution in [0.5, 0.6) is 0 Å². The van der Waals surface area contributed by atoms with Crippen LogP contribution >= 0.6 is 11.6 Å². The van der Waals surface area contributed by atoms with Crippen LogP contribution in [0, 0.1) is 0 Å². The lowest BCUT2D eigenvalue weighted by Crippen LogP contribution is -2.11. The van der Waals surface area contributed by atoms with Crippen molar-refractivity contribution in [1.82, 2.24) is 4.98 Å². The molecular formula is C14H9ClN2O2. The molecule has 1 N–H and O–H groups in total. The van der Waals surface area contributed by atoms with Gasteiger partial charge in [-0.2, -0.15) is 0 Å². The third kappa shape index (κ3) is 2.18. The maximum atomic E-state index is 12.1. The maximum absolute atomic E-state index is 12.1. The Morgan fingerprint density at radius 3 is 2.89 bits per heavy atom. The van der Waals surface area contributed by atoms with Crippen molar-refractivity contribution in [2.75, 3.05) is 5.32 Å². The molecule has 1 aromatic carbocycles. The molecular weight excluding hydrogens is 264 g/mol. The van der Waals surface area contributed by atoms with Crippen LogP contribution in [0.15, 0.2) is 53.3 Å². The fraction of sp³-hybridized carbons (Fsp3) is 0. The number of pyridine rings is 1. The van der Waals surface area contributed by atoms with Crippen LogP contribution in [-0.2, 0) is 0 Å². The summed E-state index contributed by atoms with van der Waals surface area (Å²) in [5.41, 5.74) is 1.81. The Morgan fingerprint density at radius 2 is 2.11 bits per heavy atom. The van der Waals surface area contributed by atoms with E-state index in [1.54, 1.807) is 6.20 Å². The number of fused-ring (bicyclic) bond motifs is 1. The number of aromatic nitrogens is 1. The molecule has 2 heterocycles. The number of halogens is 1. The molecule has 0 bridgehead atoms. The zero-order valence-corrected chi connectivity index (χ0v) is 10.5. The van der Waals surface area contributed by atoms with E-state index in [0.717, 1.165) is 10.9 Å². The molecule has 3 aromatic rings. The second-order valence-electron chi connectivity index (χ2n) is 3.94. The Bertz CT molecular complexity index is 747. The van der Waals surface area contributed by atoms with Crippen LogP contribution < -0.4 is 5.32 Å². The number of carbonyl (C=O) groups is 1. The zero-order chi connectivity index (χ0) is 13.2. The summed E-state index contributed by atoms with van der Waals surface area (Å²) in [6, 6.07) is 10.8. The van der Waals surface area contributed by atoms with Crippen LogP contribution in [0.2, 0.25) is 5.22 Å². The third-order valence-corrected chi connectivity index (χ3v) is 3.05. The number of amides is 1. The molecule has 0 saturated carbocycles. The summed E-state index contributed by atoms with van der Waals surface area (Å²) in [4.78, 5) is 16.3. The van der Waals surface area contributed by atoms with Gasteiger partial charge in [-0.15, -0.1) is 0 Å². The Hall–Kier alpha value is -2.33. The molecule has 2 aromatic heterocycles. The van der Waals surface area contributed by atoms with Crippen molar-refractivity contribution in [2.45, 2.75) is 0 Å². The molecule has 0 saturated heterocycles. The highest BCUT2D eigenvalue weighted by Gasteiger charge is 2.14. The highest BCUT2D eigenvalue weighted by atomic mass is 35.5. The number of nitrogens with one attached hydrogen (secondary N) is 1. The van der Waals surface area contributed by atoms with E-state index < -0.39 is 0 Å². The first-order valence-corrected chi connectivity index (χ1v) is 6.01. The number of nitrogens with zero attached hydrogens (tertiary/aromatic N) is 1. The Balaban J connectivity index is 1.98. The molecule has 0 aliphatic heterocycles. The van der Waals surface area contributed by atoms with E-state index in [0.29, 0.717) is 11.3 Å². The highest BCUT2D eigenvalue weighted by molar-refractivity contribution is 6.32. The van der Waals surface area contributed by atoms with Crippen LogP contribution in [0.4, 0.5) is 5.69 Å². The lowest BCUT2D eigenvalue weighted by Gasteiger charge is -2.07. The van der Waals surface area contributed by atoms with Crippen LogP contribution in [-0.4, -0.2) is 10.9 Å². The number of benzene rings is 1. The minimum atomic E-state index is -0.310. The minimum absolute atomic E-state index is 0.0795. The van der Waals surface area contributed by atoms with Gasteiger partial charge in [-0.3, -0.25) is 9.78 Å². The van der Waals surface area contributed by atoms with Crippen molar-refractivity contribution >= 4 is 34.1 Å². The molecule has 0 spiro atoms. The fourth-order valence-electron chi connectivity index (χ4n) is 1.86. The Morgan fingerprint density at radius 1 is 1.21 bits per heavy atom. The van der Waals surface area contributed by atoms with E-state index in [1.165, 1.54) is 12.3 Å². The monoisotopic (exact) mass is 272 g/mol. The molecule has 5 heteroatoms. The molecule has 3 rings (SSSR count). The van der Waals surface area contributed by atoms with E-state index in [1.807, 2.05) is 30.3 Å². The quantitative estimate of drug-likeness (QED) is 0.773. The summed E-state index contributed by atoms with van der Waals surface area (Å²) in [5, 5.41) is 3.76. The summed E-state index contributed by atoms with van der Waals surface area (Å²) in [6.07, 6.45) is 3.09. The highest BCUT2D eigenvalue weighted by Crippen LogP contribution is 2.23. The van der Waals surface area contributed by atoms with Gasteiger partial charge in [-0.25, -0.2) is 0 Å². The summed E-state index contributed by atoms with van der Waals surface area (Å²) in [7, 11) is 0. The van der Waals surface area contributed by atoms with Crippen molar-refractivity contribution in [3.8, 4) is 0 Å². The SMILES string of the molecule is O=C(Nc1cccc2ncccc12)c1ccoc1Cl. The Kier molecular flexibility index (Phi) is 2.93. The molecule has 0 aliphatic carbocycles. The molecule has 0 aliphatic rings. The molecule has 0 radical (unpaired) electrons. The minimum Gasteiger partial charge on any atom is -0.452 e. The number of rotatable bonds is 2. The zero-order valence-electron chi connectivity index (χ0n) is 9.76. The van der Waals surface area contributed by atoms with E-state index in [-0.39, 0.29) is 11.1 Å². The summed E-state index contributed by atoms with van der Waals surface area (Å²) < 4.78 is 4.90. The molecule has 19 heavy (non-hydrogen) atoms. The number of anilines is 1. The standard InChI is InChI=1S/C14H9ClN2O2/c15-13-10(6-8-19-13)14(18)17-12-5-1-4-11-9(12)3-2-7-16-11/h1-8H,(H,17,18). The van der Waals surface area contributed by atoms with Gasteiger partial charge in [0.1, 0.15) is 0 Å². The van der Waals surface area contributed by atoms with Crippen molar-refractivity contribution in [3.63, 3.8) is 0 Å². The van der Waals surface area contributed by atoms with Crippen molar-refractivity contribution in [3.05, 3.63) is 59.6 Å². The van der Waals surface area contributed by atoms with E-state index in [4.69, 9.17) is 16.0 Å². The maximum Gasteiger partial charge on any atom is 0.260 e. The summed E-state index contributed by atoms with van der Waals surface area (Å²) in [5.74, 6) is -0.310. The lowest BCUT2D eigenvalue weighted by molar-refractivity contribution is 0.102. The van der Waals surface area contributed by atoms with Crippen LogP contribution in [0.1, 0.15) is 10.4 Å². The van der Waals surface area contributed by atoms with Gasteiger partial charge in [0.2, 0.25) is 5.22 Å². The fourth-order valence-corrected chi connectivity index (χ4v) is 2.06. The first-order valence-electron chi connectivity index (χ1n) is 5.64. The van der Waals surface area contributed by atoms with Gasteiger partial charge in [0.15, 0.2) is 0 Å². The Labute approximate surface area is 114 Å². The predicted octanol–water partition coefficient (Wildman–Crippen LogP) is 3.73. The van der Waals surface area contributed by atoms with E-state index in [2.05, 4.69) is 10.3 Å². The molecule has 4 nitrogen and oxygen atoms in total. The number of hydrogen-bond acceptors (Lipinski definition) is 3. The second kappa shape index (κ2) is 4.74. The largest absolute Gasteiger partial charge is 0.452 e. The molecule has 94 valence electrons. The van der Waals surface area contributed by atoms with Gasteiger partial charge < -0.3 is 9.73 Å². The van der Waals surface area contributed by atoms with Crippen LogP contribution in [0.3, 0.4) is 0 Å². The number of furan rings is 1. The van der Waals surface area contributed by atoms with Gasteiger partial charge in [0.25, 0.3) is 5.91 Å². The summed E-state index contributed by atoms with van der Waals surface area (Å²) >= 11 is 5.78. The molecule has 0 unspecified atom stereocenters. The number of carbonyl (C=O) groups excluding carboxylic acids is 1. The molecule has 0 atom stereocenters. The van der Waals surface area contributed by atoms with Gasteiger partial charge >= 0.3 is 0 Å². The third-order valence-electron chi connectivity index (χ3n) is 2.76. The van der Waals surface area contributed by atoms with Crippen molar-refractivity contribution in [1.29, 1.82) is 0 Å². The second-order valence-corrected chi connectivity index (χ2v) is 4.28. The van der Waals surface area contributed by atoms with Crippen LogP contribution in [0.25, 0.3) is 10.9 Å².